The first-order valence-corrected chi connectivity index (χ1v) is 12.1. The maximum Gasteiger partial charge on any atom is 0.299 e. The van der Waals surface area contributed by atoms with Gasteiger partial charge in [-0.1, -0.05) is 36.4 Å². The van der Waals surface area contributed by atoms with Crippen molar-refractivity contribution in [3.63, 3.8) is 0 Å². The first-order valence-electron chi connectivity index (χ1n) is 12.1. The van der Waals surface area contributed by atoms with Crippen molar-refractivity contribution in [1.82, 2.24) is 0 Å². The zero-order chi connectivity index (χ0) is 25.1. The maximum absolute atomic E-state index is 11.9. The van der Waals surface area contributed by atoms with Crippen LogP contribution in [0.2, 0.25) is 0 Å². The molecule has 0 saturated carbocycles. The van der Waals surface area contributed by atoms with Crippen LogP contribution in [0.4, 0.5) is 34.1 Å². The Balaban J connectivity index is 1.40. The third-order valence-corrected chi connectivity index (χ3v) is 6.95. The first-order chi connectivity index (χ1) is 17.5. The van der Waals surface area contributed by atoms with Crippen molar-refractivity contribution in [2.45, 2.75) is 0 Å². The summed E-state index contributed by atoms with van der Waals surface area (Å²) in [6.45, 7) is 5.21. The highest BCUT2D eigenvalue weighted by molar-refractivity contribution is 5.79. The van der Waals surface area contributed by atoms with Gasteiger partial charge >= 0.3 is 0 Å². The normalized spacial score (nSPS) is 16.2. The zero-order valence-corrected chi connectivity index (χ0v) is 19.9. The van der Waals surface area contributed by atoms with Gasteiger partial charge in [0.2, 0.25) is 0 Å². The number of benzene rings is 3. The van der Waals surface area contributed by atoms with E-state index < -0.39 is 9.85 Å². The second-order valence-corrected chi connectivity index (χ2v) is 8.96. The maximum atomic E-state index is 11.9. The second-order valence-electron chi connectivity index (χ2n) is 8.96. The standard InChI is InChI=1S/C26H28N6O4/c33-31(34)25-20-26(32(35)36)24(30-17-13-28(14-18-30)22-9-5-2-6-10-22)19-23(25)29-15-11-27(12-16-29)21-7-3-1-4-8-21/h1-10,19-20H,11-18H2. The predicted octanol–water partition coefficient (Wildman–Crippen LogP) is 4.16. The summed E-state index contributed by atoms with van der Waals surface area (Å²) in [6.07, 6.45) is 0. The lowest BCUT2D eigenvalue weighted by Crippen LogP contribution is -2.47. The van der Waals surface area contributed by atoms with Crippen LogP contribution in [0.3, 0.4) is 0 Å². The fraction of sp³-hybridized carbons (Fsp3) is 0.308. The molecule has 0 aliphatic carbocycles. The molecule has 0 N–H and O–H groups in total. The summed E-state index contributed by atoms with van der Waals surface area (Å²) in [5.41, 5.74) is 2.68. The van der Waals surface area contributed by atoms with Gasteiger partial charge in [-0.25, -0.2) is 0 Å². The SMILES string of the molecule is O=[N+]([O-])c1cc([N+](=O)[O-])c(N2CCN(c3ccccc3)CC2)cc1N1CCN(c2ccccc2)CC1. The summed E-state index contributed by atoms with van der Waals surface area (Å²) >= 11 is 0. The molecule has 2 aliphatic heterocycles. The number of para-hydroxylation sites is 2. The molecule has 10 nitrogen and oxygen atoms in total. The van der Waals surface area contributed by atoms with Gasteiger partial charge < -0.3 is 19.6 Å². The molecule has 2 saturated heterocycles. The molecule has 5 rings (SSSR count). The molecule has 2 aliphatic rings. The van der Waals surface area contributed by atoms with Crippen LogP contribution in [0.25, 0.3) is 0 Å². The molecule has 0 amide bonds. The summed E-state index contributed by atoms with van der Waals surface area (Å²) in [6, 6.07) is 22.9. The number of nitro benzene ring substituents is 2. The van der Waals surface area contributed by atoms with Gasteiger partial charge in [0.05, 0.1) is 15.9 Å². The Morgan fingerprint density at radius 2 is 0.833 bits per heavy atom. The largest absolute Gasteiger partial charge is 0.368 e. The molecule has 3 aromatic rings. The van der Waals surface area contributed by atoms with Crippen molar-refractivity contribution in [1.29, 1.82) is 0 Å². The Kier molecular flexibility index (Phi) is 6.57. The van der Waals surface area contributed by atoms with Gasteiger partial charge in [0.1, 0.15) is 11.4 Å². The van der Waals surface area contributed by atoms with Crippen molar-refractivity contribution in [3.05, 3.63) is 93.0 Å². The van der Waals surface area contributed by atoms with E-state index in [9.17, 15) is 20.2 Å². The molecule has 0 spiro atoms. The molecular weight excluding hydrogens is 460 g/mol. The van der Waals surface area contributed by atoms with Crippen LogP contribution in [-0.2, 0) is 0 Å². The Labute approximate surface area is 209 Å². The van der Waals surface area contributed by atoms with Crippen LogP contribution in [0, 0.1) is 20.2 Å². The minimum absolute atomic E-state index is 0.221. The highest BCUT2D eigenvalue weighted by atomic mass is 16.6. The highest BCUT2D eigenvalue weighted by Gasteiger charge is 2.32. The van der Waals surface area contributed by atoms with E-state index in [0.717, 1.165) is 17.4 Å². The Morgan fingerprint density at radius 3 is 1.17 bits per heavy atom. The lowest BCUT2D eigenvalue weighted by Gasteiger charge is -2.39. The third-order valence-electron chi connectivity index (χ3n) is 6.95. The van der Waals surface area contributed by atoms with Gasteiger partial charge in [0, 0.05) is 63.7 Å². The molecule has 0 radical (unpaired) electrons. The van der Waals surface area contributed by atoms with Crippen molar-refractivity contribution in [2.75, 3.05) is 72.0 Å². The summed E-state index contributed by atoms with van der Waals surface area (Å²) in [5.74, 6) is 0. The second kappa shape index (κ2) is 10.1. The van der Waals surface area contributed by atoms with Crippen LogP contribution in [0.15, 0.2) is 72.8 Å². The van der Waals surface area contributed by atoms with E-state index >= 15 is 0 Å². The molecule has 0 unspecified atom stereocenters. The van der Waals surface area contributed by atoms with E-state index in [1.165, 1.54) is 0 Å². The number of piperazine rings is 2. The van der Waals surface area contributed by atoms with E-state index in [1.807, 2.05) is 46.2 Å². The molecule has 0 aromatic heterocycles. The molecule has 3 aromatic carbocycles. The molecule has 2 fully saturated rings. The van der Waals surface area contributed by atoms with Crippen molar-refractivity contribution in [3.8, 4) is 0 Å². The monoisotopic (exact) mass is 488 g/mol. The van der Waals surface area contributed by atoms with E-state index in [-0.39, 0.29) is 11.4 Å². The van der Waals surface area contributed by atoms with Gasteiger partial charge in [0.15, 0.2) is 0 Å². The van der Waals surface area contributed by atoms with E-state index in [2.05, 4.69) is 34.1 Å². The lowest BCUT2D eigenvalue weighted by molar-refractivity contribution is -0.393. The van der Waals surface area contributed by atoms with E-state index in [4.69, 9.17) is 0 Å². The topological polar surface area (TPSA) is 99.2 Å². The Hall–Kier alpha value is -4.34. The number of nitro groups is 2. The average molecular weight is 489 g/mol. The number of rotatable bonds is 6. The highest BCUT2D eigenvalue weighted by Crippen LogP contribution is 2.41. The number of hydrogen-bond donors (Lipinski definition) is 0. The van der Waals surface area contributed by atoms with Gasteiger partial charge in [-0.15, -0.1) is 0 Å². The first kappa shape index (κ1) is 23.4. The summed E-state index contributed by atoms with van der Waals surface area (Å²) in [5, 5.41) is 23.9. The summed E-state index contributed by atoms with van der Waals surface area (Å²) < 4.78 is 0. The minimum atomic E-state index is -0.511. The van der Waals surface area contributed by atoms with Gasteiger partial charge in [-0.3, -0.25) is 20.2 Å². The minimum Gasteiger partial charge on any atom is -0.368 e. The molecular formula is C26H28N6O4. The fourth-order valence-corrected chi connectivity index (χ4v) is 5.04. The van der Waals surface area contributed by atoms with Crippen LogP contribution in [0.1, 0.15) is 0 Å². The van der Waals surface area contributed by atoms with Crippen LogP contribution >= 0.6 is 0 Å². The van der Waals surface area contributed by atoms with Gasteiger partial charge in [-0.05, 0) is 30.3 Å². The van der Waals surface area contributed by atoms with Gasteiger partial charge in [-0.2, -0.15) is 0 Å². The van der Waals surface area contributed by atoms with Crippen molar-refractivity contribution < 1.29 is 9.85 Å². The zero-order valence-electron chi connectivity index (χ0n) is 19.9. The Morgan fingerprint density at radius 1 is 0.500 bits per heavy atom. The number of anilines is 4. The molecule has 186 valence electrons. The fourth-order valence-electron chi connectivity index (χ4n) is 5.04. The summed E-state index contributed by atoms with van der Waals surface area (Å²) in [4.78, 5) is 31.3. The van der Waals surface area contributed by atoms with Gasteiger partial charge in [0.25, 0.3) is 11.4 Å². The summed E-state index contributed by atoms with van der Waals surface area (Å²) in [7, 11) is 0. The smallest absolute Gasteiger partial charge is 0.299 e. The Bertz CT molecular complexity index is 1130. The molecule has 0 bridgehead atoms. The third kappa shape index (κ3) is 4.74. The molecule has 0 atom stereocenters. The predicted molar refractivity (Wildman–Crippen MR) is 141 cm³/mol. The van der Waals surface area contributed by atoms with Crippen molar-refractivity contribution >= 4 is 34.1 Å². The molecule has 36 heavy (non-hydrogen) atoms. The molecule has 10 heteroatoms. The van der Waals surface area contributed by atoms with Crippen LogP contribution in [-0.4, -0.2) is 62.2 Å². The number of hydrogen-bond acceptors (Lipinski definition) is 8. The quantitative estimate of drug-likeness (QED) is 0.377. The van der Waals surface area contributed by atoms with Crippen LogP contribution in [0.5, 0.6) is 0 Å². The average Bonchev–Trinajstić information content (AvgIpc) is 2.93. The number of nitrogens with zero attached hydrogens (tertiary/aromatic N) is 6. The lowest BCUT2D eigenvalue weighted by atomic mass is 10.1. The molecule has 2 heterocycles. The van der Waals surface area contributed by atoms with E-state index in [1.54, 1.807) is 6.07 Å². The van der Waals surface area contributed by atoms with Crippen molar-refractivity contribution in [2.24, 2.45) is 0 Å². The van der Waals surface area contributed by atoms with E-state index in [0.29, 0.717) is 63.7 Å². The van der Waals surface area contributed by atoms with Crippen LogP contribution < -0.4 is 19.6 Å².